The highest BCUT2D eigenvalue weighted by Gasteiger charge is 2.07. The zero-order valence-electron chi connectivity index (χ0n) is 20.5. The molecule has 0 spiro atoms. The van der Waals surface area contributed by atoms with Crippen molar-refractivity contribution in [1.82, 2.24) is 4.98 Å². The smallest absolute Gasteiger partial charge is 0.119 e. The Morgan fingerprint density at radius 3 is 2.09 bits per heavy atom. The minimum atomic E-state index is -0.652. The molecule has 0 bridgehead atoms. The predicted molar refractivity (Wildman–Crippen MR) is 135 cm³/mol. The van der Waals surface area contributed by atoms with E-state index in [0.29, 0.717) is 6.42 Å². The quantitative estimate of drug-likeness (QED) is 0.215. The Morgan fingerprint density at radius 1 is 0.750 bits per heavy atom. The molecule has 0 saturated heterocycles. The third kappa shape index (κ3) is 11.1. The molecule has 2 rings (SSSR count). The van der Waals surface area contributed by atoms with Crippen molar-refractivity contribution in [2.75, 3.05) is 6.61 Å². The number of nitrogens with zero attached hydrogens (tertiary/aromatic N) is 1. The molecule has 0 radical (unpaired) electrons. The van der Waals surface area contributed by atoms with Gasteiger partial charge in [0.25, 0.3) is 0 Å². The van der Waals surface area contributed by atoms with E-state index in [9.17, 15) is 4.39 Å². The van der Waals surface area contributed by atoms with Gasteiger partial charge in [-0.15, -0.1) is 0 Å². The maximum atomic E-state index is 14.0. The van der Waals surface area contributed by atoms with E-state index in [1.807, 2.05) is 18.3 Å². The monoisotopic (exact) mass is 441 g/mol. The normalized spacial score (nSPS) is 12.1. The third-order valence-corrected chi connectivity index (χ3v) is 6.10. The van der Waals surface area contributed by atoms with Gasteiger partial charge in [-0.3, -0.25) is 4.98 Å². The van der Waals surface area contributed by atoms with E-state index < -0.39 is 6.17 Å². The standard InChI is InChI=1S/C29H44FNO/c1-3-5-7-9-10-12-23-32-28-20-18-26(19-21-28)29-22-17-25(24-31-29)14-13-16-27(30)15-11-8-6-4-2/h17-22,24,27H,3-16,23H2,1-2H3. The van der Waals surface area contributed by atoms with Gasteiger partial charge in [0.2, 0.25) is 0 Å². The molecule has 178 valence electrons. The van der Waals surface area contributed by atoms with Gasteiger partial charge < -0.3 is 4.74 Å². The highest BCUT2D eigenvalue weighted by Crippen LogP contribution is 2.22. The molecule has 0 N–H and O–H groups in total. The van der Waals surface area contributed by atoms with Crippen molar-refractivity contribution >= 4 is 0 Å². The van der Waals surface area contributed by atoms with Gasteiger partial charge in [0.05, 0.1) is 12.3 Å². The molecule has 1 heterocycles. The van der Waals surface area contributed by atoms with Gasteiger partial charge in [-0.05, 0) is 68.0 Å². The van der Waals surface area contributed by atoms with Gasteiger partial charge in [-0.25, -0.2) is 4.39 Å². The summed E-state index contributed by atoms with van der Waals surface area (Å²) in [6.07, 6.45) is 16.7. The van der Waals surface area contributed by atoms with Crippen LogP contribution in [-0.2, 0) is 6.42 Å². The van der Waals surface area contributed by atoms with Gasteiger partial charge in [0.1, 0.15) is 11.9 Å². The molecule has 0 fully saturated rings. The molecule has 1 atom stereocenters. The van der Waals surface area contributed by atoms with Gasteiger partial charge in [0.15, 0.2) is 0 Å². The molecule has 3 heteroatoms. The average Bonchev–Trinajstić information content (AvgIpc) is 2.82. The molecule has 0 amide bonds. The second-order valence-corrected chi connectivity index (χ2v) is 9.03. The van der Waals surface area contributed by atoms with E-state index in [2.05, 4.69) is 43.1 Å². The molecule has 2 aromatic rings. The van der Waals surface area contributed by atoms with Crippen molar-refractivity contribution in [3.63, 3.8) is 0 Å². The highest BCUT2D eigenvalue weighted by molar-refractivity contribution is 5.60. The Balaban J connectivity index is 1.66. The average molecular weight is 442 g/mol. The molecule has 32 heavy (non-hydrogen) atoms. The first-order valence-corrected chi connectivity index (χ1v) is 13.0. The van der Waals surface area contributed by atoms with Crippen LogP contribution < -0.4 is 4.74 Å². The van der Waals surface area contributed by atoms with Gasteiger partial charge in [-0.1, -0.05) is 77.7 Å². The van der Waals surface area contributed by atoms with Crippen LogP contribution in [0.1, 0.15) is 103 Å². The molecule has 0 saturated carbocycles. The summed E-state index contributed by atoms with van der Waals surface area (Å²) in [5, 5.41) is 0. The molecule has 0 aliphatic rings. The lowest BCUT2D eigenvalue weighted by Gasteiger charge is -2.09. The lowest BCUT2D eigenvalue weighted by atomic mass is 10.0. The van der Waals surface area contributed by atoms with Crippen molar-refractivity contribution in [1.29, 1.82) is 0 Å². The summed E-state index contributed by atoms with van der Waals surface area (Å²) in [5.74, 6) is 0.925. The summed E-state index contributed by atoms with van der Waals surface area (Å²) in [6, 6.07) is 12.4. The minimum absolute atomic E-state index is 0.652. The Labute approximate surface area is 196 Å². The summed E-state index contributed by atoms with van der Waals surface area (Å²) < 4.78 is 19.9. The molecule has 0 aliphatic heterocycles. The SMILES string of the molecule is CCCCCCCCOc1ccc(-c2ccc(CCCC(F)CCCCCC)cn2)cc1. The minimum Gasteiger partial charge on any atom is -0.494 e. The number of aryl methyl sites for hydroxylation is 1. The van der Waals surface area contributed by atoms with Crippen molar-refractivity contribution in [3.8, 4) is 17.0 Å². The Hall–Kier alpha value is -1.90. The van der Waals surface area contributed by atoms with Crippen LogP contribution in [0.3, 0.4) is 0 Å². The van der Waals surface area contributed by atoms with Crippen molar-refractivity contribution < 1.29 is 9.13 Å². The van der Waals surface area contributed by atoms with Crippen LogP contribution in [0.4, 0.5) is 4.39 Å². The number of hydrogen-bond donors (Lipinski definition) is 0. The summed E-state index contributed by atoms with van der Waals surface area (Å²) in [6.45, 7) is 5.22. The Kier molecular flexibility index (Phi) is 13.7. The summed E-state index contributed by atoms with van der Waals surface area (Å²) in [4.78, 5) is 4.62. The second kappa shape index (κ2) is 16.7. The number of alkyl halides is 1. The van der Waals surface area contributed by atoms with Gasteiger partial charge in [0, 0.05) is 11.8 Å². The summed E-state index contributed by atoms with van der Waals surface area (Å²) >= 11 is 0. The van der Waals surface area contributed by atoms with E-state index in [4.69, 9.17) is 4.74 Å². The molecule has 1 aromatic carbocycles. The first-order valence-electron chi connectivity index (χ1n) is 13.0. The fraction of sp³-hybridized carbons (Fsp3) is 0.621. The van der Waals surface area contributed by atoms with E-state index in [1.165, 1.54) is 50.5 Å². The summed E-state index contributed by atoms with van der Waals surface area (Å²) in [5.41, 5.74) is 3.25. The molecule has 1 unspecified atom stereocenters. The van der Waals surface area contributed by atoms with Crippen LogP contribution in [0.2, 0.25) is 0 Å². The summed E-state index contributed by atoms with van der Waals surface area (Å²) in [7, 11) is 0. The van der Waals surface area contributed by atoms with Crippen LogP contribution in [0.15, 0.2) is 42.6 Å². The maximum Gasteiger partial charge on any atom is 0.119 e. The zero-order chi connectivity index (χ0) is 22.9. The number of ether oxygens (including phenoxy) is 1. The van der Waals surface area contributed by atoms with Crippen LogP contribution in [0.5, 0.6) is 5.75 Å². The molecule has 2 nitrogen and oxygen atoms in total. The van der Waals surface area contributed by atoms with E-state index in [1.54, 1.807) is 0 Å². The lowest BCUT2D eigenvalue weighted by molar-refractivity contribution is 0.282. The van der Waals surface area contributed by atoms with Crippen molar-refractivity contribution in [3.05, 3.63) is 48.2 Å². The lowest BCUT2D eigenvalue weighted by Crippen LogP contribution is -2.01. The first-order chi connectivity index (χ1) is 15.7. The molecular weight excluding hydrogens is 397 g/mol. The number of pyridine rings is 1. The molecule has 0 aliphatic carbocycles. The number of hydrogen-bond acceptors (Lipinski definition) is 2. The zero-order valence-corrected chi connectivity index (χ0v) is 20.5. The van der Waals surface area contributed by atoms with Crippen molar-refractivity contribution in [2.45, 2.75) is 110 Å². The number of unbranched alkanes of at least 4 members (excludes halogenated alkanes) is 8. The number of halogens is 1. The fourth-order valence-electron chi connectivity index (χ4n) is 4.00. The number of benzene rings is 1. The number of rotatable bonds is 18. The Morgan fingerprint density at radius 2 is 1.41 bits per heavy atom. The highest BCUT2D eigenvalue weighted by atomic mass is 19.1. The predicted octanol–water partition coefficient (Wildman–Crippen LogP) is 9.12. The largest absolute Gasteiger partial charge is 0.494 e. The van der Waals surface area contributed by atoms with Crippen LogP contribution in [0, 0.1) is 0 Å². The second-order valence-electron chi connectivity index (χ2n) is 9.03. The van der Waals surface area contributed by atoms with E-state index in [0.717, 1.165) is 62.1 Å². The van der Waals surface area contributed by atoms with Crippen LogP contribution >= 0.6 is 0 Å². The topological polar surface area (TPSA) is 22.1 Å². The van der Waals surface area contributed by atoms with Gasteiger partial charge >= 0.3 is 0 Å². The van der Waals surface area contributed by atoms with E-state index in [-0.39, 0.29) is 0 Å². The van der Waals surface area contributed by atoms with E-state index >= 15 is 0 Å². The fourth-order valence-corrected chi connectivity index (χ4v) is 4.00. The Bertz CT molecular complexity index is 698. The van der Waals surface area contributed by atoms with Crippen molar-refractivity contribution in [2.24, 2.45) is 0 Å². The molecular formula is C29H44FNO. The third-order valence-electron chi connectivity index (χ3n) is 6.10. The molecule has 1 aromatic heterocycles. The first kappa shape index (κ1) is 26.4. The van der Waals surface area contributed by atoms with Gasteiger partial charge in [-0.2, -0.15) is 0 Å². The van der Waals surface area contributed by atoms with Crippen LogP contribution in [0.25, 0.3) is 11.3 Å². The number of aromatic nitrogens is 1. The van der Waals surface area contributed by atoms with Crippen LogP contribution in [-0.4, -0.2) is 17.8 Å². The maximum absolute atomic E-state index is 14.0.